The molecule has 0 aliphatic carbocycles. The molecule has 0 unspecified atom stereocenters. The minimum absolute atomic E-state index is 0.376. The molecule has 0 aromatic heterocycles. The Morgan fingerprint density at radius 3 is 2.45 bits per heavy atom. The molecule has 1 fully saturated rings. The molecular weight excluding hydrogens is 328 g/mol. The van der Waals surface area contributed by atoms with Crippen LogP contribution in [0.5, 0.6) is 0 Å². The number of benzene rings is 1. The van der Waals surface area contributed by atoms with Crippen LogP contribution in [0.1, 0.15) is 12.5 Å². The van der Waals surface area contributed by atoms with Crippen molar-refractivity contribution in [2.24, 2.45) is 0 Å². The first-order valence-electron chi connectivity index (χ1n) is 6.71. The van der Waals surface area contributed by atoms with E-state index in [1.54, 1.807) is 31.2 Å². The summed E-state index contributed by atoms with van der Waals surface area (Å²) in [6.45, 7) is 3.23. The van der Waals surface area contributed by atoms with Crippen molar-refractivity contribution in [3.63, 3.8) is 0 Å². The van der Waals surface area contributed by atoms with Gasteiger partial charge >= 0.3 is 6.03 Å². The highest BCUT2D eigenvalue weighted by molar-refractivity contribution is 7.93. The summed E-state index contributed by atoms with van der Waals surface area (Å²) < 4.78 is 31.2. The van der Waals surface area contributed by atoms with Crippen LogP contribution in [0.2, 0.25) is 5.02 Å². The zero-order chi connectivity index (χ0) is 16.2. The number of nitrogens with zero attached hydrogens (tertiary/aromatic N) is 1. The molecule has 0 radical (unpaired) electrons. The Kier molecular flexibility index (Phi) is 5.44. The lowest BCUT2D eigenvalue weighted by atomic mass is 10.1. The zero-order valence-corrected chi connectivity index (χ0v) is 13.7. The Morgan fingerprint density at radius 1 is 1.27 bits per heavy atom. The molecule has 1 saturated heterocycles. The van der Waals surface area contributed by atoms with Gasteiger partial charge in [-0.1, -0.05) is 23.7 Å². The molecule has 1 heterocycles. The molecule has 0 spiro atoms. The number of hydrogen-bond acceptors (Lipinski definition) is 4. The van der Waals surface area contributed by atoms with Crippen LogP contribution < -0.4 is 4.72 Å². The summed E-state index contributed by atoms with van der Waals surface area (Å²) in [5, 5.41) is 1.61. The molecule has 0 atom stereocenters. The third-order valence-electron chi connectivity index (χ3n) is 3.16. The van der Waals surface area contributed by atoms with Crippen molar-refractivity contribution < 1.29 is 17.9 Å². The van der Waals surface area contributed by atoms with E-state index in [0.29, 0.717) is 42.5 Å². The lowest BCUT2D eigenvalue weighted by Crippen LogP contribution is -2.47. The average molecular weight is 345 g/mol. The van der Waals surface area contributed by atoms with Gasteiger partial charge in [0.15, 0.2) is 0 Å². The van der Waals surface area contributed by atoms with Crippen LogP contribution in [0.25, 0.3) is 5.57 Å². The van der Waals surface area contributed by atoms with Gasteiger partial charge < -0.3 is 9.64 Å². The van der Waals surface area contributed by atoms with E-state index in [-0.39, 0.29) is 0 Å². The third kappa shape index (κ3) is 4.72. The number of hydrogen-bond donors (Lipinski definition) is 1. The van der Waals surface area contributed by atoms with Crippen molar-refractivity contribution in [1.29, 1.82) is 0 Å². The molecule has 0 bridgehead atoms. The van der Waals surface area contributed by atoms with Crippen LogP contribution in [-0.4, -0.2) is 45.7 Å². The van der Waals surface area contributed by atoms with Crippen LogP contribution >= 0.6 is 11.6 Å². The fraction of sp³-hybridized carbons (Fsp3) is 0.357. The van der Waals surface area contributed by atoms with Gasteiger partial charge in [-0.3, -0.25) is 0 Å². The van der Waals surface area contributed by atoms with Crippen LogP contribution in [0.15, 0.2) is 29.7 Å². The van der Waals surface area contributed by atoms with E-state index in [9.17, 15) is 13.2 Å². The van der Waals surface area contributed by atoms with Gasteiger partial charge in [-0.25, -0.2) is 17.9 Å². The second-order valence-corrected chi connectivity index (χ2v) is 6.83. The molecule has 22 heavy (non-hydrogen) atoms. The number of morpholine rings is 1. The van der Waals surface area contributed by atoms with Gasteiger partial charge in [0.2, 0.25) is 0 Å². The van der Waals surface area contributed by atoms with E-state index in [2.05, 4.69) is 0 Å². The lowest BCUT2D eigenvalue weighted by molar-refractivity contribution is 0.0545. The average Bonchev–Trinajstić information content (AvgIpc) is 2.47. The highest BCUT2D eigenvalue weighted by Crippen LogP contribution is 2.18. The van der Waals surface area contributed by atoms with Crippen LogP contribution in [-0.2, 0) is 14.8 Å². The molecule has 1 aliphatic heterocycles. The highest BCUT2D eigenvalue weighted by Gasteiger charge is 2.20. The summed E-state index contributed by atoms with van der Waals surface area (Å²) in [5.41, 5.74) is 1.23. The van der Waals surface area contributed by atoms with Crippen molar-refractivity contribution in [1.82, 2.24) is 9.62 Å². The largest absolute Gasteiger partial charge is 0.378 e. The fourth-order valence-corrected chi connectivity index (χ4v) is 3.15. The fourth-order valence-electron chi connectivity index (χ4n) is 2.00. The van der Waals surface area contributed by atoms with Gasteiger partial charge in [0.1, 0.15) is 0 Å². The number of halogens is 1. The molecule has 1 N–H and O–H groups in total. The number of carbonyl (C=O) groups is 1. The van der Waals surface area contributed by atoms with E-state index in [0.717, 1.165) is 5.41 Å². The van der Waals surface area contributed by atoms with Crippen LogP contribution in [0.4, 0.5) is 4.79 Å². The van der Waals surface area contributed by atoms with E-state index in [4.69, 9.17) is 16.3 Å². The number of nitrogens with one attached hydrogen (secondary N) is 1. The third-order valence-corrected chi connectivity index (χ3v) is 4.53. The number of urea groups is 1. The highest BCUT2D eigenvalue weighted by atomic mass is 35.5. The maximum Gasteiger partial charge on any atom is 0.331 e. The molecule has 0 saturated carbocycles. The van der Waals surface area contributed by atoms with E-state index in [1.807, 2.05) is 4.72 Å². The lowest BCUT2D eigenvalue weighted by Gasteiger charge is -2.26. The number of ether oxygens (including phenoxy) is 1. The zero-order valence-electron chi connectivity index (χ0n) is 12.1. The molecule has 2 rings (SSSR count). The van der Waals surface area contributed by atoms with Gasteiger partial charge in [0.25, 0.3) is 10.0 Å². The number of carbonyl (C=O) groups excluding carboxylic acids is 1. The second kappa shape index (κ2) is 7.13. The van der Waals surface area contributed by atoms with E-state index in [1.165, 1.54) is 4.90 Å². The molecule has 120 valence electrons. The van der Waals surface area contributed by atoms with Gasteiger partial charge in [-0.05, 0) is 30.2 Å². The Labute approximate surface area is 134 Å². The van der Waals surface area contributed by atoms with Gasteiger partial charge in [0, 0.05) is 18.1 Å². The summed E-state index contributed by atoms with van der Waals surface area (Å²) in [7, 11) is -3.86. The first kappa shape index (κ1) is 16.8. The first-order chi connectivity index (χ1) is 10.4. The molecule has 6 nitrogen and oxygen atoms in total. The number of allylic oxidation sites excluding steroid dienone is 1. The predicted molar refractivity (Wildman–Crippen MR) is 84.9 cm³/mol. The van der Waals surface area contributed by atoms with E-state index >= 15 is 0 Å². The van der Waals surface area contributed by atoms with Crippen molar-refractivity contribution >= 4 is 33.2 Å². The first-order valence-corrected chi connectivity index (χ1v) is 8.63. The van der Waals surface area contributed by atoms with E-state index < -0.39 is 16.1 Å². The molecule has 2 amide bonds. The summed E-state index contributed by atoms with van der Waals surface area (Å²) in [6, 6.07) is 6.14. The minimum atomic E-state index is -3.86. The Hall–Kier alpha value is -1.57. The standard InChI is InChI=1S/C14H17ClN2O4S/c1-11(12-2-4-13(15)5-3-12)10-22(19,20)16-14(18)17-6-8-21-9-7-17/h2-5,10H,6-9H2,1H3,(H,16,18)/b11-10+. The molecule has 8 heteroatoms. The van der Waals surface area contributed by atoms with Crippen molar-refractivity contribution in [2.45, 2.75) is 6.92 Å². The Morgan fingerprint density at radius 2 is 1.86 bits per heavy atom. The monoisotopic (exact) mass is 344 g/mol. The van der Waals surface area contributed by atoms with Gasteiger partial charge in [-0.2, -0.15) is 0 Å². The normalized spacial score (nSPS) is 16.5. The SMILES string of the molecule is C/C(=C\S(=O)(=O)NC(=O)N1CCOCC1)c1ccc(Cl)cc1. The molecular formula is C14H17ClN2O4S. The topological polar surface area (TPSA) is 75.7 Å². The quantitative estimate of drug-likeness (QED) is 0.910. The smallest absolute Gasteiger partial charge is 0.331 e. The van der Waals surface area contributed by atoms with Crippen molar-refractivity contribution in [2.75, 3.05) is 26.3 Å². The summed E-state index contributed by atoms with van der Waals surface area (Å²) in [4.78, 5) is 13.3. The predicted octanol–water partition coefficient (Wildman–Crippen LogP) is 2.07. The minimum Gasteiger partial charge on any atom is -0.378 e. The van der Waals surface area contributed by atoms with Gasteiger partial charge in [0.05, 0.1) is 18.6 Å². The maximum atomic E-state index is 12.0. The summed E-state index contributed by atoms with van der Waals surface area (Å²) >= 11 is 5.79. The molecule has 1 aromatic rings. The van der Waals surface area contributed by atoms with Crippen molar-refractivity contribution in [3.8, 4) is 0 Å². The molecule has 1 aromatic carbocycles. The summed E-state index contributed by atoms with van der Waals surface area (Å²) in [6.07, 6.45) is 0. The second-order valence-electron chi connectivity index (χ2n) is 4.86. The van der Waals surface area contributed by atoms with Crippen LogP contribution in [0.3, 0.4) is 0 Å². The maximum absolute atomic E-state index is 12.0. The number of amides is 2. The molecule has 1 aliphatic rings. The summed E-state index contributed by atoms with van der Waals surface area (Å²) in [5.74, 6) is 0. The van der Waals surface area contributed by atoms with Crippen molar-refractivity contribution in [3.05, 3.63) is 40.3 Å². The Bertz CT molecular complexity index is 665. The number of sulfonamides is 1. The number of rotatable bonds is 3. The van der Waals surface area contributed by atoms with Crippen LogP contribution in [0, 0.1) is 0 Å². The van der Waals surface area contributed by atoms with Gasteiger partial charge in [-0.15, -0.1) is 0 Å². The Balaban J connectivity index is 2.07.